The average molecular weight is 319 g/mol. The second kappa shape index (κ2) is 6.98. The molecule has 2 N–H and O–H groups in total. The lowest BCUT2D eigenvalue weighted by molar-refractivity contribution is 0.0919. The molecule has 3 nitrogen and oxygen atoms in total. The molecule has 0 heterocycles. The Hall–Kier alpha value is -1.79. The van der Waals surface area contributed by atoms with E-state index in [1.165, 1.54) is 0 Å². The summed E-state index contributed by atoms with van der Waals surface area (Å²) in [5.74, 6) is -10.7. The van der Waals surface area contributed by atoms with Crippen LogP contribution in [0.1, 0.15) is 55.3 Å². The molecule has 0 radical (unpaired) electrons. The number of nitrogens with one attached hydrogen (secondary N) is 1. The van der Waals surface area contributed by atoms with Gasteiger partial charge in [-0.3, -0.25) is 4.79 Å². The number of amides is 1. The van der Waals surface area contributed by atoms with Crippen LogP contribution < -0.4 is 5.32 Å². The Morgan fingerprint density at radius 1 is 0.864 bits per heavy atom. The van der Waals surface area contributed by atoms with Gasteiger partial charge in [0.2, 0.25) is 11.6 Å². The van der Waals surface area contributed by atoms with Crippen LogP contribution in [-0.2, 0) is 0 Å². The van der Waals surface area contributed by atoms with Crippen molar-refractivity contribution in [3.8, 4) is 5.75 Å². The first-order valence-corrected chi connectivity index (χ1v) is 7.29. The van der Waals surface area contributed by atoms with Crippen molar-refractivity contribution in [2.45, 2.75) is 51.0 Å². The van der Waals surface area contributed by atoms with Crippen LogP contribution in [0.25, 0.3) is 0 Å². The molecule has 0 aliphatic heterocycles. The Morgan fingerprint density at radius 3 is 1.82 bits per heavy atom. The first-order valence-electron chi connectivity index (χ1n) is 7.29. The fraction of sp³-hybridized carbons (Fsp3) is 0.533. The van der Waals surface area contributed by atoms with Crippen LogP contribution in [0.2, 0.25) is 0 Å². The van der Waals surface area contributed by atoms with E-state index in [1.54, 1.807) is 0 Å². The molecule has 0 aromatic heterocycles. The number of hydrogen-bond donors (Lipinski definition) is 2. The van der Waals surface area contributed by atoms with Gasteiger partial charge in [0, 0.05) is 6.04 Å². The smallest absolute Gasteiger partial charge is 0.257 e. The van der Waals surface area contributed by atoms with E-state index in [9.17, 15) is 22.4 Å². The highest BCUT2D eigenvalue weighted by Crippen LogP contribution is 2.29. The third kappa shape index (κ3) is 3.34. The van der Waals surface area contributed by atoms with Gasteiger partial charge in [-0.25, -0.2) is 8.78 Å². The molecule has 1 aliphatic carbocycles. The van der Waals surface area contributed by atoms with E-state index in [0.717, 1.165) is 32.1 Å². The van der Waals surface area contributed by atoms with Gasteiger partial charge < -0.3 is 10.4 Å². The minimum absolute atomic E-state index is 0.286. The van der Waals surface area contributed by atoms with E-state index in [2.05, 4.69) is 5.32 Å². The number of phenolic OH excluding ortho intramolecular Hbond substituents is 1. The van der Waals surface area contributed by atoms with Crippen molar-refractivity contribution in [2.24, 2.45) is 0 Å². The molecule has 1 aromatic carbocycles. The Morgan fingerprint density at radius 2 is 1.32 bits per heavy atom. The van der Waals surface area contributed by atoms with Crippen molar-refractivity contribution in [3.05, 3.63) is 28.8 Å². The van der Waals surface area contributed by atoms with Crippen LogP contribution >= 0.6 is 0 Å². The summed E-state index contributed by atoms with van der Waals surface area (Å²) in [7, 11) is 0. The standard InChI is InChI=1S/C15H17F4NO2/c16-10-9(11(17)13(19)14(21)12(10)18)15(22)20-8-6-4-2-1-3-5-7-8/h8,21H,1-7H2,(H,20,22). The number of phenols is 1. The molecule has 0 saturated heterocycles. The van der Waals surface area contributed by atoms with Gasteiger partial charge in [0.05, 0.1) is 0 Å². The predicted octanol–water partition coefficient (Wildman–Crippen LogP) is 3.79. The SMILES string of the molecule is O=C(NC1CCCCCCC1)c1c(F)c(F)c(O)c(F)c1F. The normalized spacial score (nSPS) is 16.9. The van der Waals surface area contributed by atoms with E-state index in [1.807, 2.05) is 0 Å². The summed E-state index contributed by atoms with van der Waals surface area (Å²) in [5, 5.41) is 11.3. The molecule has 1 aromatic rings. The van der Waals surface area contributed by atoms with Crippen LogP contribution in [-0.4, -0.2) is 17.1 Å². The van der Waals surface area contributed by atoms with E-state index >= 15 is 0 Å². The first-order chi connectivity index (χ1) is 10.4. The number of halogens is 4. The van der Waals surface area contributed by atoms with Crippen LogP contribution in [0.5, 0.6) is 5.75 Å². The van der Waals surface area contributed by atoms with E-state index < -0.39 is 40.5 Å². The zero-order valence-electron chi connectivity index (χ0n) is 11.9. The minimum atomic E-state index is -1.97. The molecule has 7 heteroatoms. The highest BCUT2D eigenvalue weighted by Gasteiger charge is 2.30. The maximum Gasteiger partial charge on any atom is 0.257 e. The number of carbonyl (C=O) groups excluding carboxylic acids is 1. The molecule has 1 amide bonds. The van der Waals surface area contributed by atoms with Crippen LogP contribution in [0.15, 0.2) is 0 Å². The molecule has 1 fully saturated rings. The zero-order chi connectivity index (χ0) is 16.3. The van der Waals surface area contributed by atoms with Crippen molar-refractivity contribution in [1.82, 2.24) is 5.32 Å². The van der Waals surface area contributed by atoms with Crippen molar-refractivity contribution >= 4 is 5.91 Å². The molecular weight excluding hydrogens is 302 g/mol. The van der Waals surface area contributed by atoms with Gasteiger partial charge in [-0.2, -0.15) is 8.78 Å². The summed E-state index contributed by atoms with van der Waals surface area (Å²) in [6.07, 6.45) is 6.17. The average Bonchev–Trinajstić information content (AvgIpc) is 2.46. The largest absolute Gasteiger partial charge is 0.503 e. The second-order valence-corrected chi connectivity index (χ2v) is 5.50. The molecule has 0 unspecified atom stereocenters. The van der Waals surface area contributed by atoms with Crippen LogP contribution in [0, 0.1) is 23.3 Å². The van der Waals surface area contributed by atoms with E-state index in [4.69, 9.17) is 5.11 Å². The second-order valence-electron chi connectivity index (χ2n) is 5.50. The number of rotatable bonds is 2. The highest BCUT2D eigenvalue weighted by molar-refractivity contribution is 5.95. The Balaban J connectivity index is 2.22. The first kappa shape index (κ1) is 16.6. The van der Waals surface area contributed by atoms with Crippen molar-refractivity contribution in [1.29, 1.82) is 0 Å². The van der Waals surface area contributed by atoms with Crippen LogP contribution in [0.4, 0.5) is 17.6 Å². The van der Waals surface area contributed by atoms with Gasteiger partial charge in [0.1, 0.15) is 5.56 Å². The Labute approximate surface area is 125 Å². The third-order valence-electron chi connectivity index (χ3n) is 3.91. The number of benzene rings is 1. The number of aromatic hydroxyl groups is 1. The summed E-state index contributed by atoms with van der Waals surface area (Å²) < 4.78 is 53.9. The lowest BCUT2D eigenvalue weighted by Crippen LogP contribution is -2.36. The quantitative estimate of drug-likeness (QED) is 0.643. The summed E-state index contributed by atoms with van der Waals surface area (Å²) >= 11 is 0. The Kier molecular flexibility index (Phi) is 5.26. The topological polar surface area (TPSA) is 49.3 Å². The van der Waals surface area contributed by atoms with Crippen molar-refractivity contribution in [3.63, 3.8) is 0 Å². The van der Waals surface area contributed by atoms with Gasteiger partial charge >= 0.3 is 0 Å². The summed E-state index contributed by atoms with van der Waals surface area (Å²) in [5.41, 5.74) is -1.34. The maximum absolute atomic E-state index is 13.7. The van der Waals surface area contributed by atoms with Gasteiger partial charge in [-0.05, 0) is 12.8 Å². The van der Waals surface area contributed by atoms with E-state index in [-0.39, 0.29) is 6.04 Å². The molecule has 122 valence electrons. The lowest BCUT2D eigenvalue weighted by Gasteiger charge is -2.21. The fourth-order valence-electron chi connectivity index (χ4n) is 2.68. The van der Waals surface area contributed by atoms with Gasteiger partial charge in [-0.1, -0.05) is 32.1 Å². The van der Waals surface area contributed by atoms with E-state index in [0.29, 0.717) is 12.8 Å². The molecule has 1 aliphatic rings. The van der Waals surface area contributed by atoms with Crippen LogP contribution in [0.3, 0.4) is 0 Å². The predicted molar refractivity (Wildman–Crippen MR) is 71.5 cm³/mol. The molecule has 2 rings (SSSR count). The molecular formula is C15H17F4NO2. The Bertz CT molecular complexity index is 540. The molecule has 0 spiro atoms. The maximum atomic E-state index is 13.7. The van der Waals surface area contributed by atoms with Gasteiger partial charge in [0.15, 0.2) is 17.4 Å². The summed E-state index contributed by atoms with van der Waals surface area (Å²) in [6.45, 7) is 0. The van der Waals surface area contributed by atoms with Crippen molar-refractivity contribution in [2.75, 3.05) is 0 Å². The summed E-state index contributed by atoms with van der Waals surface area (Å²) in [6, 6.07) is -0.286. The van der Waals surface area contributed by atoms with Crippen molar-refractivity contribution < 1.29 is 27.5 Å². The van der Waals surface area contributed by atoms with Gasteiger partial charge in [-0.15, -0.1) is 0 Å². The van der Waals surface area contributed by atoms with Gasteiger partial charge in [0.25, 0.3) is 5.91 Å². The molecule has 1 saturated carbocycles. The third-order valence-corrected chi connectivity index (χ3v) is 3.91. The number of carbonyl (C=O) groups is 1. The molecule has 0 bridgehead atoms. The zero-order valence-corrected chi connectivity index (χ0v) is 11.9. The lowest BCUT2D eigenvalue weighted by atomic mass is 9.96. The molecule has 0 atom stereocenters. The molecule has 22 heavy (non-hydrogen) atoms. The monoisotopic (exact) mass is 319 g/mol. The fourth-order valence-corrected chi connectivity index (χ4v) is 2.68. The number of hydrogen-bond acceptors (Lipinski definition) is 2. The highest BCUT2D eigenvalue weighted by atomic mass is 19.2. The summed E-state index contributed by atoms with van der Waals surface area (Å²) in [4.78, 5) is 12.0. The minimum Gasteiger partial charge on any atom is -0.503 e.